The molecule has 15 heteroatoms. The molecule has 12 nitrogen and oxygen atoms in total. The van der Waals surface area contributed by atoms with Crippen LogP contribution in [0.25, 0.3) is 22.3 Å². The van der Waals surface area contributed by atoms with Gasteiger partial charge in [0.25, 0.3) is 0 Å². The second kappa shape index (κ2) is 14.3. The molecule has 0 atom stereocenters. The van der Waals surface area contributed by atoms with E-state index in [0.29, 0.717) is 38.2 Å². The first-order valence-electron chi connectivity index (χ1n) is 14.1. The number of aliphatic hydroxyl groups excluding tert-OH is 1. The van der Waals surface area contributed by atoms with E-state index in [9.17, 15) is 14.7 Å². The van der Waals surface area contributed by atoms with Crippen molar-refractivity contribution in [2.75, 3.05) is 24.7 Å². The van der Waals surface area contributed by atoms with Crippen LogP contribution in [0, 0.1) is 3.57 Å². The van der Waals surface area contributed by atoms with Crippen LogP contribution in [0.4, 0.5) is 15.4 Å². The van der Waals surface area contributed by atoms with E-state index in [2.05, 4.69) is 57.2 Å². The van der Waals surface area contributed by atoms with Crippen LogP contribution in [0.2, 0.25) is 30.8 Å². The maximum Gasteiger partial charge on any atom is 0.425 e. The van der Waals surface area contributed by atoms with Crippen molar-refractivity contribution in [3.63, 3.8) is 0 Å². The van der Waals surface area contributed by atoms with E-state index >= 15 is 0 Å². The Morgan fingerprint density at radius 2 is 1.64 bits per heavy atom. The minimum atomic E-state index is -1.38. The molecule has 2 amide bonds. The average Bonchev–Trinajstić information content (AvgIpc) is 3.14. The number of nitrogens with zero attached hydrogens (tertiary/aromatic N) is 5. The van der Waals surface area contributed by atoms with Crippen LogP contribution in [-0.2, 0) is 20.9 Å². The first-order valence-corrected chi connectivity index (χ1v) is 19.3. The molecule has 242 valence electrons. The topological polar surface area (TPSA) is 138 Å². The molecule has 0 radical (unpaired) electrons. The largest absolute Gasteiger partial charge is 0.490 e. The fourth-order valence-corrected chi connectivity index (χ4v) is 5.90. The summed E-state index contributed by atoms with van der Waals surface area (Å²) in [5.74, 6) is 0.346. The van der Waals surface area contributed by atoms with E-state index < -0.39 is 31.5 Å². The fraction of sp³-hybridized carbons (Fsp3) is 0.552. The first-order chi connectivity index (χ1) is 20.3. The molecule has 1 N–H and O–H groups in total. The zero-order valence-electron chi connectivity index (χ0n) is 26.7. The standard InChI is InChI=1S/C29H41ClIN5O7Si/c1-28(2,3)42-26(38)36(27(39)43-29(4,5)6)25-21-22(31)23(18-15-32-20(30)14-19(18)41-11-10-37)35(24(21)33-16-34-25)17-40-12-13-44(7,8)9/h14-16,37H,10-13,17H2,1-9H3. The highest BCUT2D eigenvalue weighted by atomic mass is 127. The maximum absolute atomic E-state index is 13.6. The molecule has 0 aromatic carbocycles. The van der Waals surface area contributed by atoms with Gasteiger partial charge in [-0.15, -0.1) is 0 Å². The number of rotatable bonds is 10. The molecule has 3 rings (SSSR count). The lowest BCUT2D eigenvalue weighted by molar-refractivity contribution is 0.0429. The molecule has 0 bridgehead atoms. The monoisotopic (exact) mass is 761 g/mol. The van der Waals surface area contributed by atoms with Gasteiger partial charge in [-0.05, 0) is 70.2 Å². The Morgan fingerprint density at radius 1 is 1.02 bits per heavy atom. The number of hydrogen-bond donors (Lipinski definition) is 1. The Kier molecular flexibility index (Phi) is 11.7. The molecule has 0 unspecified atom stereocenters. The van der Waals surface area contributed by atoms with Crippen molar-refractivity contribution in [3.05, 3.63) is 27.3 Å². The Balaban J connectivity index is 2.32. The van der Waals surface area contributed by atoms with E-state index in [0.717, 1.165) is 10.9 Å². The second-order valence-corrected chi connectivity index (χ2v) is 20.3. The van der Waals surface area contributed by atoms with Crippen LogP contribution < -0.4 is 9.64 Å². The van der Waals surface area contributed by atoms with Gasteiger partial charge in [0.15, 0.2) is 5.82 Å². The second-order valence-electron chi connectivity index (χ2n) is 13.2. The molecule has 0 aliphatic heterocycles. The van der Waals surface area contributed by atoms with Crippen molar-refractivity contribution in [3.8, 4) is 17.0 Å². The molecule has 3 heterocycles. The lowest BCUT2D eigenvalue weighted by atomic mass is 10.2. The summed E-state index contributed by atoms with van der Waals surface area (Å²) in [5.41, 5.74) is -0.313. The van der Waals surface area contributed by atoms with Crippen LogP contribution in [0.3, 0.4) is 0 Å². The summed E-state index contributed by atoms with van der Waals surface area (Å²) in [6.07, 6.45) is 0.907. The number of hydrogen-bond acceptors (Lipinski definition) is 10. The third-order valence-corrected chi connectivity index (χ3v) is 8.74. The van der Waals surface area contributed by atoms with Crippen molar-refractivity contribution < 1.29 is 33.6 Å². The molecule has 0 saturated carbocycles. The van der Waals surface area contributed by atoms with Gasteiger partial charge in [0.1, 0.15) is 47.4 Å². The molecule has 0 aliphatic carbocycles. The fourth-order valence-electron chi connectivity index (χ4n) is 3.93. The minimum Gasteiger partial charge on any atom is -0.490 e. The lowest BCUT2D eigenvalue weighted by Crippen LogP contribution is -2.44. The first kappa shape index (κ1) is 35.9. The van der Waals surface area contributed by atoms with E-state index in [-0.39, 0.29) is 30.9 Å². The predicted octanol–water partition coefficient (Wildman–Crippen LogP) is 7.11. The van der Waals surface area contributed by atoms with Crippen LogP contribution in [-0.4, -0.2) is 75.9 Å². The number of aromatic nitrogens is 4. The number of halogens is 2. The molecular formula is C29H41ClIN5O7Si. The molecular weight excluding hydrogens is 721 g/mol. The van der Waals surface area contributed by atoms with Crippen molar-refractivity contribution in [2.24, 2.45) is 0 Å². The summed E-state index contributed by atoms with van der Waals surface area (Å²) in [5, 5.41) is 10.0. The summed E-state index contributed by atoms with van der Waals surface area (Å²) in [7, 11) is -1.38. The molecule has 0 saturated heterocycles. The van der Waals surface area contributed by atoms with Crippen molar-refractivity contribution >= 4 is 71.3 Å². The number of pyridine rings is 1. The number of anilines is 1. The summed E-state index contributed by atoms with van der Waals surface area (Å²) < 4.78 is 25.6. The van der Waals surface area contributed by atoms with Gasteiger partial charge >= 0.3 is 12.2 Å². The van der Waals surface area contributed by atoms with Gasteiger partial charge in [0, 0.05) is 26.9 Å². The summed E-state index contributed by atoms with van der Waals surface area (Å²) in [6.45, 7) is 17.4. The number of amides is 2. The normalized spacial score (nSPS) is 12.4. The average molecular weight is 762 g/mol. The lowest BCUT2D eigenvalue weighted by Gasteiger charge is -2.28. The van der Waals surface area contributed by atoms with Gasteiger partial charge in [-0.2, -0.15) is 4.90 Å². The highest BCUT2D eigenvalue weighted by Crippen LogP contribution is 2.42. The summed E-state index contributed by atoms with van der Waals surface area (Å²) in [6, 6.07) is 2.49. The summed E-state index contributed by atoms with van der Waals surface area (Å²) in [4.78, 5) is 41.1. The Hall–Kier alpha value is -2.53. The number of fused-ring (bicyclic) bond motifs is 1. The van der Waals surface area contributed by atoms with Crippen molar-refractivity contribution in [1.82, 2.24) is 19.5 Å². The van der Waals surface area contributed by atoms with Gasteiger partial charge in [-0.3, -0.25) is 4.57 Å². The number of carbonyl (C=O) groups excluding carboxylic acids is 2. The number of carbonyl (C=O) groups is 2. The van der Waals surface area contributed by atoms with Gasteiger partial charge in [0.05, 0.1) is 26.8 Å². The van der Waals surface area contributed by atoms with Crippen molar-refractivity contribution in [2.45, 2.75) is 85.2 Å². The highest BCUT2D eigenvalue weighted by Gasteiger charge is 2.37. The Morgan fingerprint density at radius 3 is 2.18 bits per heavy atom. The van der Waals surface area contributed by atoms with Crippen molar-refractivity contribution in [1.29, 1.82) is 0 Å². The van der Waals surface area contributed by atoms with Crippen LogP contribution in [0.5, 0.6) is 5.75 Å². The highest BCUT2D eigenvalue weighted by molar-refractivity contribution is 14.1. The zero-order valence-corrected chi connectivity index (χ0v) is 30.6. The smallest absolute Gasteiger partial charge is 0.425 e. The molecule has 3 aromatic rings. The molecule has 0 spiro atoms. The number of imide groups is 1. The predicted molar refractivity (Wildman–Crippen MR) is 180 cm³/mol. The van der Waals surface area contributed by atoms with Gasteiger partial charge in [-0.1, -0.05) is 31.2 Å². The van der Waals surface area contributed by atoms with E-state index in [1.807, 2.05) is 4.57 Å². The number of ether oxygens (including phenoxy) is 4. The maximum atomic E-state index is 13.6. The number of aliphatic hydroxyl groups is 1. The zero-order chi connectivity index (χ0) is 33.0. The molecule has 0 fully saturated rings. The third-order valence-electron chi connectivity index (χ3n) is 5.78. The molecule has 0 aliphatic rings. The van der Waals surface area contributed by atoms with E-state index in [1.54, 1.807) is 53.8 Å². The summed E-state index contributed by atoms with van der Waals surface area (Å²) >= 11 is 8.33. The van der Waals surface area contributed by atoms with Gasteiger partial charge in [0.2, 0.25) is 0 Å². The SMILES string of the molecule is CC(C)(C)OC(=O)N(C(=O)OC(C)(C)C)c1ncnc2c1c(I)c(-c1cnc(Cl)cc1OCCO)n2COCC[Si](C)(C)C. The quantitative estimate of drug-likeness (QED) is 0.0985. The Labute approximate surface area is 277 Å². The van der Waals surface area contributed by atoms with Crippen LogP contribution >= 0.6 is 34.2 Å². The van der Waals surface area contributed by atoms with E-state index in [4.69, 9.17) is 30.5 Å². The van der Waals surface area contributed by atoms with Gasteiger partial charge in [-0.25, -0.2) is 24.5 Å². The van der Waals surface area contributed by atoms with Crippen LogP contribution in [0.15, 0.2) is 18.6 Å². The third kappa shape index (κ3) is 9.48. The van der Waals surface area contributed by atoms with E-state index in [1.165, 1.54) is 6.33 Å². The van der Waals surface area contributed by atoms with Crippen LogP contribution in [0.1, 0.15) is 41.5 Å². The molecule has 3 aromatic heterocycles. The minimum absolute atomic E-state index is 0.0208. The van der Waals surface area contributed by atoms with Gasteiger partial charge < -0.3 is 24.1 Å². The molecule has 44 heavy (non-hydrogen) atoms. The Bertz CT molecular complexity index is 1470.